The predicted octanol–water partition coefficient (Wildman–Crippen LogP) is -3.80. The molecular formula is H7BCaGd2O4Y. The van der Waals surface area contributed by atoms with E-state index in [0.29, 0.717) is 0 Å². The summed E-state index contributed by atoms with van der Waals surface area (Å²) in [5.41, 5.74) is 0. The van der Waals surface area contributed by atoms with Gasteiger partial charge in [0.1, 0.15) is 0 Å². The van der Waals surface area contributed by atoms with Crippen LogP contribution in [0.4, 0.5) is 0 Å². The van der Waals surface area contributed by atoms with Gasteiger partial charge >= 0.3 is 45.1 Å². The van der Waals surface area contributed by atoms with Crippen molar-refractivity contribution in [2.45, 2.75) is 0 Å². The molecule has 0 amide bonds. The van der Waals surface area contributed by atoms with Crippen LogP contribution in [0.5, 0.6) is 0 Å². The van der Waals surface area contributed by atoms with Crippen molar-refractivity contribution < 1.29 is 133 Å². The summed E-state index contributed by atoms with van der Waals surface area (Å²) in [5.74, 6) is 0. The largest absolute Gasteiger partial charge is 0 e. The van der Waals surface area contributed by atoms with Gasteiger partial charge < -0.3 is 20.5 Å². The molecule has 0 saturated heterocycles. The van der Waals surface area contributed by atoms with Crippen molar-refractivity contribution >= 4 is 45.1 Å². The third kappa shape index (κ3) is 63.7. The van der Waals surface area contributed by atoms with Gasteiger partial charge in [-0.2, -0.15) is 0 Å². The third-order valence-electron chi connectivity index (χ3n) is 0. The first-order valence-corrected chi connectivity index (χ1v) is 0.775. The SMILES string of the molecule is O.OB(O)O.[CaH2].[Gd].[Gd].[Y]. The van der Waals surface area contributed by atoms with E-state index in [1.165, 1.54) is 0 Å². The molecule has 55 valence electrons. The number of hydrogen-bond acceptors (Lipinski definition) is 3. The Bertz CT molecular complexity index is 23.3. The standard InChI is InChI=1S/BH3O3.Ca.2Gd.H2O.Y.2H/c2-1(3)4;;;;;;;/h2-4H;;;;1H2;;;. The van der Waals surface area contributed by atoms with Crippen LogP contribution in [0.15, 0.2) is 0 Å². The molecule has 0 aliphatic heterocycles. The Balaban J connectivity index is -0.00000000450. The van der Waals surface area contributed by atoms with Crippen molar-refractivity contribution in [1.82, 2.24) is 0 Å². The van der Waals surface area contributed by atoms with Crippen molar-refractivity contribution in [2.24, 2.45) is 0 Å². The van der Waals surface area contributed by atoms with Crippen LogP contribution >= 0.6 is 0 Å². The molecule has 0 bridgehead atoms. The maximum absolute atomic E-state index is 7.17. The Kier molecular flexibility index (Phi) is 120. The van der Waals surface area contributed by atoms with E-state index in [1.54, 1.807) is 0 Å². The van der Waals surface area contributed by atoms with Crippen molar-refractivity contribution in [1.29, 1.82) is 0 Å². The monoisotopic (exact) mass is 527 g/mol. The second-order valence-corrected chi connectivity index (χ2v) is 0.346. The summed E-state index contributed by atoms with van der Waals surface area (Å²) in [4.78, 5) is 0. The minimum atomic E-state index is -2.17. The molecule has 9 heavy (non-hydrogen) atoms. The topological polar surface area (TPSA) is 92.2 Å². The molecule has 0 rings (SSSR count). The molecule has 0 unspecified atom stereocenters. The van der Waals surface area contributed by atoms with Gasteiger partial charge in [0.15, 0.2) is 0 Å². The molecule has 0 heterocycles. The van der Waals surface area contributed by atoms with Gasteiger partial charge in [-0.1, -0.05) is 0 Å². The fraction of sp³-hybridized carbons (Fsp3) is 0. The van der Waals surface area contributed by atoms with E-state index in [9.17, 15) is 0 Å². The van der Waals surface area contributed by atoms with Gasteiger partial charge in [0.05, 0.1) is 0 Å². The van der Waals surface area contributed by atoms with Gasteiger partial charge in [-0.3, -0.25) is 0 Å². The van der Waals surface area contributed by atoms with E-state index in [4.69, 9.17) is 15.1 Å². The van der Waals surface area contributed by atoms with Crippen LogP contribution in [0.3, 0.4) is 0 Å². The Morgan fingerprint density at radius 3 is 0.889 bits per heavy atom. The normalized spacial score (nSPS) is 3.00. The molecule has 0 saturated carbocycles. The second-order valence-electron chi connectivity index (χ2n) is 0.346. The molecular weight excluding hydrogens is 518 g/mol. The van der Waals surface area contributed by atoms with Crippen molar-refractivity contribution in [3.8, 4) is 0 Å². The quantitative estimate of drug-likeness (QED) is 0.284. The van der Waals surface area contributed by atoms with E-state index >= 15 is 0 Å². The Labute approximate surface area is 173 Å². The van der Waals surface area contributed by atoms with Crippen LogP contribution in [0, 0.1) is 79.9 Å². The first-order valence-electron chi connectivity index (χ1n) is 0.775. The van der Waals surface area contributed by atoms with Gasteiger partial charge in [0, 0.05) is 113 Å². The Hall–Kier alpha value is 4.92. The van der Waals surface area contributed by atoms with Crippen molar-refractivity contribution in [3.05, 3.63) is 0 Å². The molecule has 0 aromatic carbocycles. The molecule has 0 spiro atoms. The molecule has 0 aliphatic rings. The molecule has 0 aliphatic carbocycles. The molecule has 5 N–H and O–H groups in total. The molecule has 0 aromatic heterocycles. The van der Waals surface area contributed by atoms with Crippen LogP contribution in [-0.4, -0.2) is 65.6 Å². The number of rotatable bonds is 0. The minimum Gasteiger partial charge on any atom is 0 e. The maximum atomic E-state index is 7.17. The zero-order valence-corrected chi connectivity index (χ0v) is 11.1. The Morgan fingerprint density at radius 2 is 0.889 bits per heavy atom. The molecule has 0 atom stereocenters. The summed E-state index contributed by atoms with van der Waals surface area (Å²) in [7, 11) is -2.17. The first kappa shape index (κ1) is 37.0. The second kappa shape index (κ2) is 29.3. The van der Waals surface area contributed by atoms with Gasteiger partial charge in [-0.05, 0) is 0 Å². The summed E-state index contributed by atoms with van der Waals surface area (Å²) < 4.78 is 0. The molecule has 9 heteroatoms. The first-order chi connectivity index (χ1) is 1.73. The van der Waals surface area contributed by atoms with Crippen LogP contribution in [0.25, 0.3) is 0 Å². The van der Waals surface area contributed by atoms with E-state index < -0.39 is 7.32 Å². The fourth-order valence-electron chi connectivity index (χ4n) is 0. The van der Waals surface area contributed by atoms with Crippen LogP contribution in [0.2, 0.25) is 0 Å². The Morgan fingerprint density at radius 1 is 0.889 bits per heavy atom. The summed E-state index contributed by atoms with van der Waals surface area (Å²) >= 11 is 0. The predicted molar refractivity (Wildman–Crippen MR) is 24.6 cm³/mol. The summed E-state index contributed by atoms with van der Waals surface area (Å²) in [6.45, 7) is 0. The average molecular weight is 525 g/mol. The van der Waals surface area contributed by atoms with E-state index in [0.717, 1.165) is 0 Å². The number of hydrogen-bond donors (Lipinski definition) is 3. The van der Waals surface area contributed by atoms with E-state index in [1.807, 2.05) is 0 Å². The van der Waals surface area contributed by atoms with Gasteiger partial charge in [-0.25, -0.2) is 0 Å². The smallest absolute Gasteiger partial charge is 0 e. The van der Waals surface area contributed by atoms with Gasteiger partial charge in [0.2, 0.25) is 0 Å². The van der Waals surface area contributed by atoms with Gasteiger partial charge in [-0.15, -0.1) is 0 Å². The minimum absolute atomic E-state index is 0. The molecule has 0 aromatic rings. The third-order valence-corrected chi connectivity index (χ3v) is 0. The summed E-state index contributed by atoms with van der Waals surface area (Å²) in [6.07, 6.45) is 0. The zero-order valence-electron chi connectivity index (χ0n) is 3.70. The summed E-state index contributed by atoms with van der Waals surface area (Å²) in [5, 5.41) is 21.5. The van der Waals surface area contributed by atoms with Crippen molar-refractivity contribution in [2.75, 3.05) is 0 Å². The maximum Gasteiger partial charge on any atom is 0 e. The molecule has 0 fully saturated rings. The van der Waals surface area contributed by atoms with Crippen LogP contribution < -0.4 is 0 Å². The van der Waals surface area contributed by atoms with Crippen LogP contribution in [-0.2, 0) is 32.7 Å². The fourth-order valence-corrected chi connectivity index (χ4v) is 0. The van der Waals surface area contributed by atoms with E-state index in [2.05, 4.69) is 0 Å². The van der Waals surface area contributed by atoms with Crippen molar-refractivity contribution in [3.63, 3.8) is 0 Å². The molecule has 4 nitrogen and oxygen atoms in total. The molecule has 1 radical (unpaired) electrons. The zero-order chi connectivity index (χ0) is 3.58. The summed E-state index contributed by atoms with van der Waals surface area (Å²) in [6, 6.07) is 0. The van der Waals surface area contributed by atoms with E-state index in [-0.39, 0.29) is 156 Å². The van der Waals surface area contributed by atoms with Gasteiger partial charge in [0.25, 0.3) is 0 Å². The average Bonchev–Trinajstić information content (AvgIpc) is 0.811. The van der Waals surface area contributed by atoms with Crippen LogP contribution in [0.1, 0.15) is 0 Å².